The highest BCUT2D eigenvalue weighted by Gasteiger charge is 2.20. The van der Waals surface area contributed by atoms with Crippen molar-refractivity contribution >= 4 is 11.7 Å². The first-order chi connectivity index (χ1) is 11.6. The van der Waals surface area contributed by atoms with Crippen LogP contribution in [0.4, 0.5) is 5.82 Å². The summed E-state index contributed by atoms with van der Waals surface area (Å²) in [5, 5.41) is 0. The van der Waals surface area contributed by atoms with Gasteiger partial charge in [0.1, 0.15) is 5.82 Å². The minimum absolute atomic E-state index is 0.142. The second-order valence-corrected chi connectivity index (χ2v) is 6.23. The topological polar surface area (TPSA) is 62.5 Å². The van der Waals surface area contributed by atoms with Crippen LogP contribution in [-0.4, -0.2) is 42.0 Å². The molecule has 1 amide bonds. The van der Waals surface area contributed by atoms with Crippen molar-refractivity contribution in [3.63, 3.8) is 0 Å². The van der Waals surface area contributed by atoms with Gasteiger partial charge in [-0.25, -0.2) is 4.98 Å². The number of aromatic nitrogens is 1. The maximum Gasteiger partial charge on any atom is 0.219 e. The van der Waals surface area contributed by atoms with Crippen molar-refractivity contribution < 1.29 is 4.79 Å². The van der Waals surface area contributed by atoms with Gasteiger partial charge in [-0.1, -0.05) is 36.4 Å². The Labute approximate surface area is 143 Å². The van der Waals surface area contributed by atoms with E-state index in [0.717, 1.165) is 48.8 Å². The van der Waals surface area contributed by atoms with E-state index in [1.54, 1.807) is 6.92 Å². The third kappa shape index (κ3) is 3.41. The van der Waals surface area contributed by atoms with Gasteiger partial charge in [-0.15, -0.1) is 0 Å². The van der Waals surface area contributed by atoms with Crippen molar-refractivity contribution in [2.24, 2.45) is 5.73 Å². The maximum atomic E-state index is 11.4. The van der Waals surface area contributed by atoms with Crippen LogP contribution in [0.5, 0.6) is 0 Å². The molecule has 0 unspecified atom stereocenters. The molecule has 0 radical (unpaired) electrons. The van der Waals surface area contributed by atoms with Crippen molar-refractivity contribution in [2.75, 3.05) is 31.1 Å². The Hall–Kier alpha value is -2.40. The van der Waals surface area contributed by atoms with E-state index in [1.807, 2.05) is 48.2 Å². The van der Waals surface area contributed by atoms with E-state index >= 15 is 0 Å². The Morgan fingerprint density at radius 3 is 2.33 bits per heavy atom. The van der Waals surface area contributed by atoms with E-state index in [2.05, 4.69) is 11.0 Å². The summed E-state index contributed by atoms with van der Waals surface area (Å²) in [5.41, 5.74) is 9.49. The van der Waals surface area contributed by atoms with Crippen LogP contribution in [-0.2, 0) is 4.79 Å². The smallest absolute Gasteiger partial charge is 0.219 e. The average molecular weight is 324 g/mol. The first-order valence-corrected chi connectivity index (χ1v) is 8.35. The Morgan fingerprint density at radius 2 is 1.75 bits per heavy atom. The first-order valence-electron chi connectivity index (χ1n) is 8.35. The highest BCUT2D eigenvalue weighted by atomic mass is 16.2. The van der Waals surface area contributed by atoms with Crippen LogP contribution in [0.15, 0.2) is 42.5 Å². The number of anilines is 1. The Balaban J connectivity index is 1.75. The number of piperazine rings is 1. The lowest BCUT2D eigenvalue weighted by atomic mass is 9.98. The number of amides is 1. The van der Waals surface area contributed by atoms with Crippen LogP contribution in [0.1, 0.15) is 29.8 Å². The molecule has 1 aliphatic heterocycles. The average Bonchev–Trinajstić information content (AvgIpc) is 2.62. The quantitative estimate of drug-likeness (QED) is 0.939. The van der Waals surface area contributed by atoms with Crippen molar-refractivity contribution in [1.82, 2.24) is 9.88 Å². The van der Waals surface area contributed by atoms with Crippen LogP contribution in [0, 0.1) is 6.92 Å². The molecule has 1 aromatic heterocycles. The van der Waals surface area contributed by atoms with Gasteiger partial charge >= 0.3 is 0 Å². The number of hydrogen-bond acceptors (Lipinski definition) is 4. The number of carbonyl (C=O) groups excluding carboxylic acids is 1. The lowest BCUT2D eigenvalue weighted by Crippen LogP contribution is -2.48. The highest BCUT2D eigenvalue weighted by Crippen LogP contribution is 2.24. The van der Waals surface area contributed by atoms with Gasteiger partial charge in [0.25, 0.3) is 0 Å². The van der Waals surface area contributed by atoms with Crippen molar-refractivity contribution in [1.29, 1.82) is 0 Å². The fraction of sp³-hybridized carbons (Fsp3) is 0.368. The van der Waals surface area contributed by atoms with Crippen molar-refractivity contribution in [3.8, 4) is 0 Å². The zero-order valence-electron chi connectivity index (χ0n) is 14.3. The van der Waals surface area contributed by atoms with Crippen LogP contribution in [0.2, 0.25) is 0 Å². The molecule has 5 heteroatoms. The van der Waals surface area contributed by atoms with E-state index in [4.69, 9.17) is 10.7 Å². The number of rotatable bonds is 3. The molecule has 1 aliphatic rings. The molecular weight excluding hydrogens is 300 g/mol. The summed E-state index contributed by atoms with van der Waals surface area (Å²) in [4.78, 5) is 20.3. The molecule has 1 fully saturated rings. The molecule has 0 aliphatic carbocycles. The highest BCUT2D eigenvalue weighted by molar-refractivity contribution is 5.73. The molecule has 3 rings (SSSR count). The molecule has 0 bridgehead atoms. The third-order valence-corrected chi connectivity index (χ3v) is 4.65. The lowest BCUT2D eigenvalue weighted by Gasteiger charge is -2.35. The van der Waals surface area contributed by atoms with Gasteiger partial charge in [-0.2, -0.15) is 0 Å². The summed E-state index contributed by atoms with van der Waals surface area (Å²) >= 11 is 0. The van der Waals surface area contributed by atoms with Gasteiger partial charge in [-0.3, -0.25) is 4.79 Å². The summed E-state index contributed by atoms with van der Waals surface area (Å²) in [7, 11) is 0. The second-order valence-electron chi connectivity index (χ2n) is 6.23. The van der Waals surface area contributed by atoms with Crippen LogP contribution < -0.4 is 10.6 Å². The lowest BCUT2D eigenvalue weighted by molar-refractivity contribution is -0.129. The van der Waals surface area contributed by atoms with Gasteiger partial charge < -0.3 is 15.5 Å². The van der Waals surface area contributed by atoms with Gasteiger partial charge in [0.2, 0.25) is 5.91 Å². The maximum absolute atomic E-state index is 11.4. The third-order valence-electron chi connectivity index (χ3n) is 4.65. The monoisotopic (exact) mass is 324 g/mol. The van der Waals surface area contributed by atoms with Crippen LogP contribution in [0.3, 0.4) is 0 Å². The van der Waals surface area contributed by atoms with E-state index in [9.17, 15) is 4.79 Å². The minimum atomic E-state index is -0.165. The molecule has 1 saturated heterocycles. The fourth-order valence-corrected chi connectivity index (χ4v) is 3.15. The van der Waals surface area contributed by atoms with Crippen molar-refractivity contribution in [2.45, 2.75) is 19.9 Å². The molecule has 0 spiro atoms. The molecule has 1 atom stereocenters. The van der Waals surface area contributed by atoms with Crippen LogP contribution >= 0.6 is 0 Å². The molecule has 2 heterocycles. The number of pyridine rings is 1. The van der Waals surface area contributed by atoms with E-state index in [0.29, 0.717) is 0 Å². The number of benzene rings is 1. The van der Waals surface area contributed by atoms with Gasteiger partial charge in [0.15, 0.2) is 0 Å². The summed E-state index contributed by atoms with van der Waals surface area (Å²) in [6.07, 6.45) is 0. The fourth-order valence-electron chi connectivity index (χ4n) is 3.15. The summed E-state index contributed by atoms with van der Waals surface area (Å²) in [5.74, 6) is 1.10. The molecule has 2 N–H and O–H groups in total. The summed E-state index contributed by atoms with van der Waals surface area (Å²) in [6.45, 7) is 6.76. The second kappa shape index (κ2) is 7.01. The molecule has 1 aromatic carbocycles. The largest absolute Gasteiger partial charge is 0.353 e. The Morgan fingerprint density at radius 1 is 1.08 bits per heavy atom. The van der Waals surface area contributed by atoms with Gasteiger partial charge in [0, 0.05) is 38.8 Å². The van der Waals surface area contributed by atoms with E-state index in [1.165, 1.54) is 0 Å². The number of aryl methyl sites for hydroxylation is 1. The Kier molecular flexibility index (Phi) is 4.81. The van der Waals surface area contributed by atoms with Crippen LogP contribution in [0.25, 0.3) is 0 Å². The molecule has 2 aromatic rings. The molecule has 126 valence electrons. The zero-order valence-corrected chi connectivity index (χ0v) is 14.3. The zero-order chi connectivity index (χ0) is 17.1. The number of hydrogen-bond donors (Lipinski definition) is 1. The number of nitrogens with zero attached hydrogens (tertiary/aromatic N) is 3. The van der Waals surface area contributed by atoms with E-state index in [-0.39, 0.29) is 11.9 Å². The standard InChI is InChI=1S/C19H24N4O/c1-14-17(19(20)16-6-4-3-5-7-16)8-9-18(21-14)23-12-10-22(11-13-23)15(2)24/h3-9,19H,10-13,20H2,1-2H3/t19-/m0/s1. The summed E-state index contributed by atoms with van der Waals surface area (Å²) < 4.78 is 0. The predicted octanol–water partition coefficient (Wildman–Crippen LogP) is 2.11. The predicted molar refractivity (Wildman–Crippen MR) is 95.9 cm³/mol. The SMILES string of the molecule is CC(=O)N1CCN(c2ccc([C@@H](N)c3ccccc3)c(C)n2)CC1. The molecule has 5 nitrogen and oxygen atoms in total. The van der Waals surface area contributed by atoms with Gasteiger partial charge in [-0.05, 0) is 24.1 Å². The number of nitrogens with two attached hydrogens (primary N) is 1. The summed E-state index contributed by atoms with van der Waals surface area (Å²) in [6, 6.07) is 14.0. The number of carbonyl (C=O) groups is 1. The minimum Gasteiger partial charge on any atom is -0.353 e. The molecule has 0 saturated carbocycles. The Bertz CT molecular complexity index is 709. The first kappa shape index (κ1) is 16.5. The normalized spacial score (nSPS) is 16.1. The molecule has 24 heavy (non-hydrogen) atoms. The molecular formula is C19H24N4O. The van der Waals surface area contributed by atoms with Crippen molar-refractivity contribution in [3.05, 3.63) is 59.3 Å². The van der Waals surface area contributed by atoms with E-state index < -0.39 is 0 Å². The van der Waals surface area contributed by atoms with Gasteiger partial charge in [0.05, 0.1) is 6.04 Å².